The molecule has 2 unspecified atom stereocenters. The molecule has 1 fully saturated rings. The molecule has 0 radical (unpaired) electrons. The normalized spacial score (nSPS) is 31.3. The van der Waals surface area contributed by atoms with E-state index in [4.69, 9.17) is 5.73 Å². The van der Waals surface area contributed by atoms with Crippen molar-refractivity contribution in [2.75, 3.05) is 13.1 Å². The lowest BCUT2D eigenvalue weighted by molar-refractivity contribution is 0.119. The summed E-state index contributed by atoms with van der Waals surface area (Å²) in [7, 11) is 0. The molecule has 1 aliphatic heterocycles. The van der Waals surface area contributed by atoms with Gasteiger partial charge in [-0.15, -0.1) is 0 Å². The third-order valence-electron chi connectivity index (χ3n) is 3.00. The molecule has 1 aliphatic rings. The maximum Gasteiger partial charge on any atom is 0.0169 e. The van der Waals surface area contributed by atoms with Crippen molar-refractivity contribution >= 4 is 0 Å². The van der Waals surface area contributed by atoms with Gasteiger partial charge in [0.05, 0.1) is 0 Å². The van der Waals surface area contributed by atoms with E-state index in [1.165, 1.54) is 19.3 Å². The number of hydrogen-bond donors (Lipinski definition) is 1. The van der Waals surface area contributed by atoms with Crippen LogP contribution in [0, 0.1) is 0 Å². The minimum atomic E-state index is 0.663. The van der Waals surface area contributed by atoms with E-state index in [1.54, 1.807) is 0 Å². The highest BCUT2D eigenvalue weighted by Gasteiger charge is 2.22. The molecule has 0 saturated carbocycles. The first-order chi connectivity index (χ1) is 6.25. The lowest BCUT2D eigenvalue weighted by atomic mass is 9.98. The van der Waals surface area contributed by atoms with Gasteiger partial charge in [-0.3, -0.25) is 4.90 Å². The van der Waals surface area contributed by atoms with Crippen molar-refractivity contribution in [1.29, 1.82) is 0 Å². The molecule has 1 heterocycles. The van der Waals surface area contributed by atoms with Crippen LogP contribution in [0.2, 0.25) is 0 Å². The predicted octanol–water partition coefficient (Wildman–Crippen LogP) is 1.76. The highest BCUT2D eigenvalue weighted by molar-refractivity contribution is 4.90. The molecule has 0 bridgehead atoms. The molecule has 2 atom stereocenters. The van der Waals surface area contributed by atoms with Crippen LogP contribution in [0.1, 0.15) is 33.1 Å². The van der Waals surface area contributed by atoms with Gasteiger partial charge in [0.25, 0.3) is 0 Å². The van der Waals surface area contributed by atoms with Crippen molar-refractivity contribution < 1.29 is 0 Å². The molecule has 0 aromatic rings. The van der Waals surface area contributed by atoms with Crippen LogP contribution in [0.25, 0.3) is 0 Å². The van der Waals surface area contributed by atoms with Crippen LogP contribution in [0.4, 0.5) is 0 Å². The van der Waals surface area contributed by atoms with Crippen LogP contribution < -0.4 is 5.73 Å². The monoisotopic (exact) mass is 182 g/mol. The number of rotatable bonds is 3. The maximum atomic E-state index is 5.41. The van der Waals surface area contributed by atoms with Gasteiger partial charge in [0.2, 0.25) is 0 Å². The molecule has 1 rings (SSSR count). The fourth-order valence-corrected chi connectivity index (χ4v) is 2.13. The van der Waals surface area contributed by atoms with Crippen molar-refractivity contribution in [3.8, 4) is 0 Å². The van der Waals surface area contributed by atoms with Crippen molar-refractivity contribution in [1.82, 2.24) is 4.90 Å². The first kappa shape index (κ1) is 10.7. The Bertz CT molecular complexity index is 155. The molecular weight excluding hydrogens is 160 g/mol. The molecule has 2 N–H and O–H groups in total. The molecule has 0 amide bonds. The van der Waals surface area contributed by atoms with Crippen molar-refractivity contribution in [3.63, 3.8) is 0 Å². The van der Waals surface area contributed by atoms with E-state index in [0.29, 0.717) is 6.54 Å². The summed E-state index contributed by atoms with van der Waals surface area (Å²) in [6.45, 7) is 6.38. The Balaban J connectivity index is 2.39. The van der Waals surface area contributed by atoms with Crippen molar-refractivity contribution in [3.05, 3.63) is 12.2 Å². The number of nitrogens with two attached hydrogens (primary N) is 1. The molecule has 0 aromatic carbocycles. The summed E-state index contributed by atoms with van der Waals surface area (Å²) < 4.78 is 0. The predicted molar refractivity (Wildman–Crippen MR) is 57.7 cm³/mol. The fraction of sp³-hybridized carbons (Fsp3) is 0.818. The Kier molecular flexibility index (Phi) is 4.46. The minimum Gasteiger partial charge on any atom is -0.327 e. The van der Waals surface area contributed by atoms with Crippen LogP contribution in [-0.2, 0) is 0 Å². The van der Waals surface area contributed by atoms with E-state index in [1.807, 2.05) is 6.08 Å². The number of nitrogens with zero attached hydrogens (tertiary/aromatic N) is 1. The second-order valence-corrected chi connectivity index (χ2v) is 4.03. The topological polar surface area (TPSA) is 29.3 Å². The SMILES string of the molecule is CC1CCCC(C)N1CC=CCN. The minimum absolute atomic E-state index is 0.663. The first-order valence-corrected chi connectivity index (χ1v) is 5.36. The number of piperidine rings is 1. The van der Waals surface area contributed by atoms with E-state index in [2.05, 4.69) is 24.8 Å². The molecule has 0 aliphatic carbocycles. The van der Waals surface area contributed by atoms with Crippen LogP contribution in [-0.4, -0.2) is 30.1 Å². The number of hydrogen-bond acceptors (Lipinski definition) is 2. The summed E-state index contributed by atoms with van der Waals surface area (Å²) in [4.78, 5) is 2.57. The summed E-state index contributed by atoms with van der Waals surface area (Å²) in [5, 5.41) is 0. The summed E-state index contributed by atoms with van der Waals surface area (Å²) in [6.07, 6.45) is 8.33. The highest BCUT2D eigenvalue weighted by Crippen LogP contribution is 2.21. The lowest BCUT2D eigenvalue weighted by Crippen LogP contribution is -2.43. The Morgan fingerprint density at radius 1 is 1.23 bits per heavy atom. The summed E-state index contributed by atoms with van der Waals surface area (Å²) >= 11 is 0. The van der Waals surface area contributed by atoms with Gasteiger partial charge in [-0.25, -0.2) is 0 Å². The van der Waals surface area contributed by atoms with Gasteiger partial charge in [0.1, 0.15) is 0 Å². The van der Waals surface area contributed by atoms with Crippen molar-refractivity contribution in [2.45, 2.75) is 45.2 Å². The summed E-state index contributed by atoms with van der Waals surface area (Å²) in [5.41, 5.74) is 5.41. The summed E-state index contributed by atoms with van der Waals surface area (Å²) in [5.74, 6) is 0. The third kappa shape index (κ3) is 3.12. The summed E-state index contributed by atoms with van der Waals surface area (Å²) in [6, 6.07) is 1.48. The van der Waals surface area contributed by atoms with E-state index in [9.17, 15) is 0 Å². The fourth-order valence-electron chi connectivity index (χ4n) is 2.13. The van der Waals surface area contributed by atoms with E-state index in [-0.39, 0.29) is 0 Å². The highest BCUT2D eigenvalue weighted by atomic mass is 15.2. The molecule has 76 valence electrons. The number of likely N-dealkylation sites (tertiary alicyclic amines) is 1. The van der Waals surface area contributed by atoms with Crippen LogP contribution in [0.15, 0.2) is 12.2 Å². The molecule has 0 aromatic heterocycles. The second-order valence-electron chi connectivity index (χ2n) is 4.03. The van der Waals surface area contributed by atoms with Gasteiger partial charge >= 0.3 is 0 Å². The van der Waals surface area contributed by atoms with Crippen molar-refractivity contribution in [2.24, 2.45) is 5.73 Å². The van der Waals surface area contributed by atoms with E-state index >= 15 is 0 Å². The Morgan fingerprint density at radius 2 is 1.85 bits per heavy atom. The van der Waals surface area contributed by atoms with Gasteiger partial charge in [-0.2, -0.15) is 0 Å². The molecular formula is C11H22N2. The van der Waals surface area contributed by atoms with Crippen LogP contribution in [0.3, 0.4) is 0 Å². The zero-order chi connectivity index (χ0) is 9.68. The van der Waals surface area contributed by atoms with Gasteiger partial charge in [0.15, 0.2) is 0 Å². The Morgan fingerprint density at radius 3 is 2.38 bits per heavy atom. The average molecular weight is 182 g/mol. The second kappa shape index (κ2) is 5.40. The van der Waals surface area contributed by atoms with E-state index < -0.39 is 0 Å². The van der Waals surface area contributed by atoms with E-state index in [0.717, 1.165) is 18.6 Å². The molecule has 2 nitrogen and oxygen atoms in total. The molecule has 2 heteroatoms. The Labute approximate surface area is 81.8 Å². The lowest BCUT2D eigenvalue weighted by Gasteiger charge is -2.38. The maximum absolute atomic E-state index is 5.41. The quantitative estimate of drug-likeness (QED) is 0.674. The largest absolute Gasteiger partial charge is 0.327 e. The zero-order valence-electron chi connectivity index (χ0n) is 8.87. The smallest absolute Gasteiger partial charge is 0.0169 e. The van der Waals surface area contributed by atoms with Gasteiger partial charge in [-0.1, -0.05) is 18.6 Å². The average Bonchev–Trinajstić information content (AvgIpc) is 2.10. The standard InChI is InChI=1S/C11H22N2/c1-10-6-5-7-11(2)13(10)9-4-3-8-12/h3-4,10-11H,5-9,12H2,1-2H3. The van der Waals surface area contributed by atoms with Gasteiger partial charge in [-0.05, 0) is 26.7 Å². The van der Waals surface area contributed by atoms with Crippen LogP contribution in [0.5, 0.6) is 0 Å². The third-order valence-corrected chi connectivity index (χ3v) is 3.00. The molecule has 1 saturated heterocycles. The molecule has 13 heavy (non-hydrogen) atoms. The van der Waals surface area contributed by atoms with Gasteiger partial charge < -0.3 is 5.73 Å². The molecule has 0 spiro atoms. The first-order valence-electron chi connectivity index (χ1n) is 5.36. The van der Waals surface area contributed by atoms with Gasteiger partial charge in [0, 0.05) is 25.2 Å². The Hall–Kier alpha value is -0.340. The van der Waals surface area contributed by atoms with Crippen LogP contribution >= 0.6 is 0 Å². The zero-order valence-corrected chi connectivity index (χ0v) is 8.87.